The number of rotatable bonds is 13. The minimum atomic E-state index is -1.09. The number of nitrogens with one attached hydrogen (secondary N) is 4. The third-order valence-corrected chi connectivity index (χ3v) is 11.2. The normalized spacial score (nSPS) is 26.1. The molecule has 0 aromatic rings. The van der Waals surface area contributed by atoms with Crippen molar-refractivity contribution in [2.75, 3.05) is 19.7 Å². The highest BCUT2D eigenvalue weighted by Crippen LogP contribution is 2.65. The van der Waals surface area contributed by atoms with Crippen LogP contribution in [-0.2, 0) is 23.9 Å². The van der Waals surface area contributed by atoms with E-state index in [2.05, 4.69) is 35.1 Å². The van der Waals surface area contributed by atoms with Crippen LogP contribution in [0.4, 0.5) is 9.59 Å². The minimum absolute atomic E-state index is 0.0580. The highest BCUT2D eigenvalue weighted by Gasteiger charge is 2.70. The van der Waals surface area contributed by atoms with Crippen molar-refractivity contribution in [2.45, 2.75) is 124 Å². The number of primary amides is 1. The van der Waals surface area contributed by atoms with Gasteiger partial charge in [0, 0.05) is 13.1 Å². The lowest BCUT2D eigenvalue weighted by molar-refractivity contribution is -0.145. The van der Waals surface area contributed by atoms with Crippen molar-refractivity contribution >= 4 is 35.6 Å². The zero-order valence-corrected chi connectivity index (χ0v) is 29.2. The Morgan fingerprint density at radius 3 is 2.15 bits per heavy atom. The number of Topliss-reactive ketones (excluding diaryl/α,β-unsaturated/α-hetero) is 1. The summed E-state index contributed by atoms with van der Waals surface area (Å²) < 4.78 is 5.34. The fourth-order valence-corrected chi connectivity index (χ4v) is 7.70. The number of amides is 6. The molecule has 3 saturated carbocycles. The lowest BCUT2D eigenvalue weighted by atomic mass is 9.70. The van der Waals surface area contributed by atoms with Crippen molar-refractivity contribution in [3.8, 4) is 0 Å². The van der Waals surface area contributed by atoms with Crippen LogP contribution in [0.1, 0.15) is 99.8 Å². The number of ether oxygens (including phenoxy) is 1. The first-order valence-corrected chi connectivity index (χ1v) is 17.3. The monoisotopic (exact) mass is 660 g/mol. The van der Waals surface area contributed by atoms with E-state index in [0.29, 0.717) is 19.5 Å². The summed E-state index contributed by atoms with van der Waals surface area (Å²) in [5.41, 5.74) is 4.12. The van der Waals surface area contributed by atoms with Gasteiger partial charge in [-0.2, -0.15) is 0 Å². The zero-order valence-electron chi connectivity index (χ0n) is 29.2. The number of nitrogens with zero attached hydrogens (tertiary/aromatic N) is 1. The van der Waals surface area contributed by atoms with E-state index in [4.69, 9.17) is 10.5 Å². The summed E-state index contributed by atoms with van der Waals surface area (Å²) in [4.78, 5) is 80.4. The number of alkyl carbamates (subject to hydrolysis) is 1. The van der Waals surface area contributed by atoms with E-state index in [1.807, 2.05) is 27.7 Å². The van der Waals surface area contributed by atoms with Crippen molar-refractivity contribution in [1.82, 2.24) is 26.2 Å². The van der Waals surface area contributed by atoms with E-state index in [-0.39, 0.29) is 35.7 Å². The van der Waals surface area contributed by atoms with Gasteiger partial charge in [-0.3, -0.25) is 19.2 Å². The molecule has 47 heavy (non-hydrogen) atoms. The number of urea groups is 1. The summed E-state index contributed by atoms with van der Waals surface area (Å²) in [5.74, 6) is -2.52. The number of piperidine rings is 1. The number of fused-ring (bicyclic) bond motifs is 1. The minimum Gasteiger partial charge on any atom is -0.447 e. The maximum atomic E-state index is 14.6. The van der Waals surface area contributed by atoms with Crippen LogP contribution in [-0.4, -0.2) is 84.4 Å². The molecule has 1 heterocycles. The van der Waals surface area contributed by atoms with Gasteiger partial charge in [-0.15, -0.1) is 0 Å². The molecule has 6 amide bonds. The van der Waals surface area contributed by atoms with E-state index in [1.54, 1.807) is 11.8 Å². The molecule has 13 heteroatoms. The van der Waals surface area contributed by atoms with Crippen LogP contribution in [0, 0.1) is 34.0 Å². The second-order valence-electron chi connectivity index (χ2n) is 16.2. The fourth-order valence-electron chi connectivity index (χ4n) is 7.70. The van der Waals surface area contributed by atoms with Gasteiger partial charge in [-0.25, -0.2) is 9.59 Å². The van der Waals surface area contributed by atoms with Crippen LogP contribution in [0.3, 0.4) is 0 Å². The molecule has 4 rings (SSSR count). The number of carbonyl (C=O) groups excluding carboxylic acids is 6. The molecule has 1 saturated heterocycles. The van der Waals surface area contributed by atoms with E-state index in [9.17, 15) is 28.8 Å². The summed E-state index contributed by atoms with van der Waals surface area (Å²) in [5, 5.41) is 11.3. The topological polar surface area (TPSA) is 189 Å². The highest BCUT2D eigenvalue weighted by molar-refractivity contribution is 6.37. The molecule has 264 valence electrons. The van der Waals surface area contributed by atoms with Crippen molar-refractivity contribution in [3.63, 3.8) is 0 Å². The Kier molecular flexibility index (Phi) is 10.9. The molecule has 13 nitrogen and oxygen atoms in total. The predicted molar refractivity (Wildman–Crippen MR) is 175 cm³/mol. The Labute approximate surface area is 278 Å². The van der Waals surface area contributed by atoms with Gasteiger partial charge in [-0.05, 0) is 60.2 Å². The molecule has 6 atom stereocenters. The number of hydrogen-bond donors (Lipinski definition) is 5. The number of likely N-dealkylation sites (tertiary alicyclic amines) is 1. The Bertz CT molecular complexity index is 1240. The van der Waals surface area contributed by atoms with E-state index < -0.39 is 64.7 Å². The van der Waals surface area contributed by atoms with Crippen LogP contribution in [0.2, 0.25) is 0 Å². The van der Waals surface area contributed by atoms with Crippen LogP contribution < -0.4 is 27.0 Å². The largest absolute Gasteiger partial charge is 0.447 e. The first kappa shape index (κ1) is 36.5. The highest BCUT2D eigenvalue weighted by atomic mass is 16.5. The maximum Gasteiger partial charge on any atom is 0.407 e. The SMILES string of the molecule is CCNC(=O)OC[C@@H](NC(=O)N[C@H](C(=O)N1CC2C([C@H]1C(=O)NC(CC1CC1)C(=O)C(N)=O)C2(C)C)C1(C)CCCCC1)C(C)(C)C. The Morgan fingerprint density at radius 1 is 0.957 bits per heavy atom. The van der Waals surface area contributed by atoms with Gasteiger partial charge in [0.1, 0.15) is 18.7 Å². The molecule has 6 N–H and O–H groups in total. The molecule has 0 aromatic carbocycles. The molecule has 1 aliphatic heterocycles. The summed E-state index contributed by atoms with van der Waals surface area (Å²) in [6.07, 6.45) is 5.92. The predicted octanol–water partition coefficient (Wildman–Crippen LogP) is 2.61. The maximum absolute atomic E-state index is 14.6. The molecule has 0 aromatic heterocycles. The standard InChI is InChI=1S/C34H56N6O7/c1-8-36-31(46)47-18-22(32(2,3)4)38-30(45)39-26(34(7)14-10-9-11-15-34)29(44)40-17-20-23(33(20,5)6)24(40)28(43)37-21(16-19-12-13-19)25(41)27(35)42/h19-24,26H,8-18H2,1-7H3,(H2,35,42)(H,36,46)(H,37,43)(H2,38,39,45)/t20?,21?,22-,23?,24+,26-/m1/s1. The number of hydrogen-bond acceptors (Lipinski definition) is 7. The van der Waals surface area contributed by atoms with Crippen LogP contribution >= 0.6 is 0 Å². The average molecular weight is 661 g/mol. The second kappa shape index (κ2) is 14.0. The van der Waals surface area contributed by atoms with Gasteiger partial charge in [0.15, 0.2) is 0 Å². The number of carbonyl (C=O) groups is 6. The van der Waals surface area contributed by atoms with Gasteiger partial charge < -0.3 is 36.6 Å². The molecule has 0 radical (unpaired) electrons. The molecular formula is C34H56N6O7. The zero-order chi connectivity index (χ0) is 34.9. The summed E-state index contributed by atoms with van der Waals surface area (Å²) in [6.45, 7) is 14.4. The third kappa shape index (κ3) is 8.38. The lowest BCUT2D eigenvalue weighted by Crippen LogP contribution is -2.63. The number of ketones is 1. The van der Waals surface area contributed by atoms with Gasteiger partial charge in [0.2, 0.25) is 17.6 Å². The molecule has 4 aliphatic rings. The van der Waals surface area contributed by atoms with Crippen LogP contribution in [0.5, 0.6) is 0 Å². The van der Waals surface area contributed by atoms with E-state index >= 15 is 0 Å². The van der Waals surface area contributed by atoms with E-state index in [1.165, 1.54) is 0 Å². The van der Waals surface area contributed by atoms with Gasteiger partial charge in [0.05, 0.1) is 12.1 Å². The van der Waals surface area contributed by atoms with Crippen LogP contribution in [0.25, 0.3) is 0 Å². The second-order valence-corrected chi connectivity index (χ2v) is 16.2. The average Bonchev–Trinajstić information content (AvgIpc) is 3.84. The van der Waals surface area contributed by atoms with Gasteiger partial charge >= 0.3 is 12.1 Å². The van der Waals surface area contributed by atoms with Crippen molar-refractivity contribution in [2.24, 2.45) is 39.7 Å². The quantitative estimate of drug-likeness (QED) is 0.188. The molecule has 3 aliphatic carbocycles. The third-order valence-electron chi connectivity index (χ3n) is 11.2. The van der Waals surface area contributed by atoms with Crippen molar-refractivity contribution in [3.05, 3.63) is 0 Å². The molecule has 4 fully saturated rings. The van der Waals surface area contributed by atoms with Gasteiger partial charge in [-0.1, -0.05) is 73.6 Å². The first-order valence-electron chi connectivity index (χ1n) is 17.3. The van der Waals surface area contributed by atoms with Crippen molar-refractivity contribution in [1.29, 1.82) is 0 Å². The summed E-state index contributed by atoms with van der Waals surface area (Å²) >= 11 is 0. The molecule has 3 unspecified atom stereocenters. The smallest absolute Gasteiger partial charge is 0.407 e. The lowest BCUT2D eigenvalue weighted by Gasteiger charge is -2.43. The van der Waals surface area contributed by atoms with E-state index in [0.717, 1.165) is 44.9 Å². The van der Waals surface area contributed by atoms with Crippen LogP contribution in [0.15, 0.2) is 0 Å². The fraction of sp³-hybridized carbons (Fsp3) is 0.824. The Hall–Kier alpha value is -3.38. The Balaban J connectivity index is 1.56. The molecule has 0 spiro atoms. The number of nitrogens with two attached hydrogens (primary N) is 1. The van der Waals surface area contributed by atoms with Crippen molar-refractivity contribution < 1.29 is 33.5 Å². The summed E-state index contributed by atoms with van der Waals surface area (Å²) in [6, 6.07) is -3.91. The van der Waals surface area contributed by atoms with Gasteiger partial charge in [0.25, 0.3) is 5.91 Å². The first-order chi connectivity index (χ1) is 21.9. The summed E-state index contributed by atoms with van der Waals surface area (Å²) in [7, 11) is 0. The molecular weight excluding hydrogens is 604 g/mol. The Morgan fingerprint density at radius 2 is 1.60 bits per heavy atom. The molecule has 0 bridgehead atoms.